The molecule has 0 heterocycles. The van der Waals surface area contributed by atoms with E-state index in [0.717, 1.165) is 31.2 Å². The molecule has 1 aromatic carbocycles. The SMILES string of the molecule is Cc1cccc(C(C)(CCCCCCl)C(=O)CBr)c1. The van der Waals surface area contributed by atoms with Crippen molar-refractivity contribution >= 4 is 33.3 Å². The lowest BCUT2D eigenvalue weighted by molar-refractivity contribution is -0.121. The Kier molecular flexibility index (Phi) is 7.09. The van der Waals surface area contributed by atoms with Gasteiger partial charge in [0.1, 0.15) is 0 Å². The summed E-state index contributed by atoms with van der Waals surface area (Å²) in [5.74, 6) is 0.956. The van der Waals surface area contributed by atoms with Gasteiger partial charge >= 0.3 is 0 Å². The smallest absolute Gasteiger partial charge is 0.153 e. The molecule has 0 saturated carbocycles. The van der Waals surface area contributed by atoms with E-state index in [9.17, 15) is 4.79 Å². The molecular weight excluding hydrogens is 324 g/mol. The molecule has 19 heavy (non-hydrogen) atoms. The van der Waals surface area contributed by atoms with Crippen molar-refractivity contribution in [2.24, 2.45) is 0 Å². The second-order valence-corrected chi connectivity index (χ2v) is 6.20. The number of benzene rings is 1. The molecule has 1 rings (SSSR count). The number of carbonyl (C=O) groups is 1. The zero-order valence-electron chi connectivity index (χ0n) is 11.7. The molecule has 0 radical (unpaired) electrons. The van der Waals surface area contributed by atoms with Gasteiger partial charge < -0.3 is 0 Å². The van der Waals surface area contributed by atoms with Crippen molar-refractivity contribution in [1.29, 1.82) is 0 Å². The second-order valence-electron chi connectivity index (χ2n) is 5.26. The van der Waals surface area contributed by atoms with Crippen molar-refractivity contribution < 1.29 is 4.79 Å². The molecule has 0 aromatic heterocycles. The zero-order chi connectivity index (χ0) is 14.3. The molecule has 3 heteroatoms. The average Bonchev–Trinajstić information content (AvgIpc) is 2.42. The number of rotatable bonds is 8. The molecule has 0 fully saturated rings. The number of unbranched alkanes of at least 4 members (excludes halogenated alkanes) is 2. The molecule has 0 aliphatic carbocycles. The molecule has 0 amide bonds. The van der Waals surface area contributed by atoms with Crippen LogP contribution in [0.15, 0.2) is 24.3 Å². The lowest BCUT2D eigenvalue weighted by Gasteiger charge is -2.28. The quantitative estimate of drug-likeness (QED) is 0.478. The predicted octanol–water partition coefficient (Wildman–Crippen LogP) is 5.02. The Morgan fingerprint density at radius 1 is 1.32 bits per heavy atom. The van der Waals surface area contributed by atoms with Gasteiger partial charge in [-0.15, -0.1) is 11.6 Å². The van der Waals surface area contributed by atoms with Crippen molar-refractivity contribution in [1.82, 2.24) is 0 Å². The molecule has 1 aromatic rings. The third-order valence-electron chi connectivity index (χ3n) is 3.70. The number of halogens is 2. The van der Waals surface area contributed by atoms with Crippen LogP contribution in [0.1, 0.15) is 43.7 Å². The summed E-state index contributed by atoms with van der Waals surface area (Å²) in [6.45, 7) is 4.13. The van der Waals surface area contributed by atoms with Gasteiger partial charge in [0.15, 0.2) is 5.78 Å². The van der Waals surface area contributed by atoms with Crippen molar-refractivity contribution in [3.05, 3.63) is 35.4 Å². The summed E-state index contributed by atoms with van der Waals surface area (Å²) in [7, 11) is 0. The number of carbonyl (C=O) groups excluding carboxylic acids is 1. The van der Waals surface area contributed by atoms with E-state index in [1.54, 1.807) is 0 Å². The van der Waals surface area contributed by atoms with Crippen LogP contribution in [0.3, 0.4) is 0 Å². The Hall–Kier alpha value is -0.340. The van der Waals surface area contributed by atoms with Crippen LogP contribution in [-0.2, 0) is 10.2 Å². The predicted molar refractivity (Wildman–Crippen MR) is 86.5 cm³/mol. The first kappa shape index (κ1) is 16.7. The number of aryl methyl sites for hydroxylation is 1. The summed E-state index contributed by atoms with van der Waals surface area (Å²) < 4.78 is 0. The fourth-order valence-corrected chi connectivity index (χ4v) is 3.14. The molecule has 0 spiro atoms. The number of alkyl halides is 2. The van der Waals surface area contributed by atoms with E-state index < -0.39 is 0 Å². The normalized spacial score (nSPS) is 14.1. The summed E-state index contributed by atoms with van der Waals surface area (Å²) in [5, 5.41) is 0.410. The van der Waals surface area contributed by atoms with E-state index in [1.165, 1.54) is 5.56 Å². The van der Waals surface area contributed by atoms with Crippen LogP contribution in [0.4, 0.5) is 0 Å². The van der Waals surface area contributed by atoms with Gasteiger partial charge in [0.25, 0.3) is 0 Å². The van der Waals surface area contributed by atoms with Gasteiger partial charge in [0.2, 0.25) is 0 Å². The van der Waals surface area contributed by atoms with E-state index in [0.29, 0.717) is 11.2 Å². The van der Waals surface area contributed by atoms with Gasteiger partial charge in [-0.25, -0.2) is 0 Å². The first-order chi connectivity index (χ1) is 9.04. The topological polar surface area (TPSA) is 17.1 Å². The first-order valence-electron chi connectivity index (χ1n) is 6.77. The fourth-order valence-electron chi connectivity index (χ4n) is 2.33. The molecule has 0 bridgehead atoms. The maximum Gasteiger partial charge on any atom is 0.153 e. The van der Waals surface area contributed by atoms with E-state index in [1.807, 2.05) is 6.07 Å². The summed E-state index contributed by atoms with van der Waals surface area (Å²) in [4.78, 5) is 12.3. The molecule has 0 saturated heterocycles. The minimum Gasteiger partial charge on any atom is -0.298 e. The maximum absolute atomic E-state index is 12.3. The van der Waals surface area contributed by atoms with Gasteiger partial charge in [-0.1, -0.05) is 58.6 Å². The van der Waals surface area contributed by atoms with Crippen LogP contribution < -0.4 is 0 Å². The number of Topliss-reactive ketones (excluding diaryl/α,β-unsaturated/α-hetero) is 1. The Balaban J connectivity index is 2.89. The van der Waals surface area contributed by atoms with Crippen LogP contribution in [0.25, 0.3) is 0 Å². The molecular formula is C16H22BrClO. The first-order valence-corrected chi connectivity index (χ1v) is 8.42. The Morgan fingerprint density at radius 2 is 2.05 bits per heavy atom. The van der Waals surface area contributed by atoms with Crippen LogP contribution in [0.5, 0.6) is 0 Å². The monoisotopic (exact) mass is 344 g/mol. The van der Waals surface area contributed by atoms with E-state index >= 15 is 0 Å². The number of hydrogen-bond acceptors (Lipinski definition) is 1. The highest BCUT2D eigenvalue weighted by atomic mass is 79.9. The molecule has 0 N–H and O–H groups in total. The van der Waals surface area contributed by atoms with Crippen LogP contribution in [0.2, 0.25) is 0 Å². The zero-order valence-corrected chi connectivity index (χ0v) is 14.1. The van der Waals surface area contributed by atoms with Crippen LogP contribution >= 0.6 is 27.5 Å². The van der Waals surface area contributed by atoms with Gasteiger partial charge in [-0.2, -0.15) is 0 Å². The summed E-state index contributed by atoms with van der Waals surface area (Å²) in [6, 6.07) is 8.29. The third-order valence-corrected chi connectivity index (χ3v) is 4.48. The lowest BCUT2D eigenvalue weighted by atomic mass is 9.75. The van der Waals surface area contributed by atoms with Gasteiger partial charge in [0.05, 0.1) is 10.7 Å². The van der Waals surface area contributed by atoms with Gasteiger partial charge in [-0.05, 0) is 32.3 Å². The molecule has 106 valence electrons. The number of ketones is 1. The molecule has 0 aliphatic rings. The number of hydrogen-bond donors (Lipinski definition) is 0. The minimum atomic E-state index is -0.387. The Morgan fingerprint density at radius 3 is 2.63 bits per heavy atom. The maximum atomic E-state index is 12.3. The average molecular weight is 346 g/mol. The highest BCUT2D eigenvalue weighted by molar-refractivity contribution is 9.09. The Bertz CT molecular complexity index is 419. The molecule has 1 nitrogen and oxygen atoms in total. The van der Waals surface area contributed by atoms with Gasteiger partial charge in [0, 0.05) is 5.88 Å². The second kappa shape index (κ2) is 8.06. The molecule has 1 unspecified atom stereocenters. The fraction of sp³-hybridized carbons (Fsp3) is 0.562. The lowest BCUT2D eigenvalue weighted by Crippen LogP contribution is -2.33. The van der Waals surface area contributed by atoms with Crippen molar-refractivity contribution in [3.8, 4) is 0 Å². The Labute approximate surface area is 129 Å². The summed E-state index contributed by atoms with van der Waals surface area (Å²) in [6.07, 6.45) is 4.03. The molecule has 0 aliphatic heterocycles. The highest BCUT2D eigenvalue weighted by Gasteiger charge is 2.33. The third kappa shape index (κ3) is 4.61. The highest BCUT2D eigenvalue weighted by Crippen LogP contribution is 2.32. The largest absolute Gasteiger partial charge is 0.298 e. The van der Waals surface area contributed by atoms with Crippen LogP contribution in [-0.4, -0.2) is 17.0 Å². The van der Waals surface area contributed by atoms with Crippen molar-refractivity contribution in [2.75, 3.05) is 11.2 Å². The summed E-state index contributed by atoms with van der Waals surface area (Å²) >= 11 is 9.02. The van der Waals surface area contributed by atoms with E-state index in [-0.39, 0.29) is 11.2 Å². The van der Waals surface area contributed by atoms with E-state index in [2.05, 4.69) is 48.0 Å². The summed E-state index contributed by atoms with van der Waals surface area (Å²) in [5.41, 5.74) is 1.94. The van der Waals surface area contributed by atoms with Crippen molar-refractivity contribution in [3.63, 3.8) is 0 Å². The van der Waals surface area contributed by atoms with Gasteiger partial charge in [-0.3, -0.25) is 4.79 Å². The standard InChI is InChI=1S/C16H22BrClO/c1-13-7-6-8-14(11-13)16(2,15(19)12-17)9-4-3-5-10-18/h6-8,11H,3-5,9-10,12H2,1-2H3. The van der Waals surface area contributed by atoms with E-state index in [4.69, 9.17) is 11.6 Å². The molecule has 1 atom stereocenters. The minimum absolute atomic E-state index is 0.254. The van der Waals surface area contributed by atoms with Crippen LogP contribution in [0, 0.1) is 6.92 Å². The van der Waals surface area contributed by atoms with Crippen molar-refractivity contribution in [2.45, 2.75) is 44.9 Å².